The van der Waals surface area contributed by atoms with E-state index in [-0.39, 0.29) is 0 Å². The first-order chi connectivity index (χ1) is 7.09. The number of nitrogens with one attached hydrogen (secondary N) is 2. The number of rotatable bonds is 2. The van der Waals surface area contributed by atoms with Crippen molar-refractivity contribution >= 4 is 24.4 Å². The van der Waals surface area contributed by atoms with Crippen LogP contribution < -0.4 is 11.7 Å². The van der Waals surface area contributed by atoms with Gasteiger partial charge in [0.2, 0.25) is 9.54 Å². The van der Waals surface area contributed by atoms with Gasteiger partial charge in [-0.3, -0.25) is 10.2 Å². The zero-order valence-electron chi connectivity index (χ0n) is 7.47. The number of nitrogens with two attached hydrogens (primary N) is 2. The van der Waals surface area contributed by atoms with Crippen LogP contribution in [0.25, 0.3) is 0 Å². The van der Waals surface area contributed by atoms with Gasteiger partial charge in [0.25, 0.3) is 0 Å². The number of hydrogen-bond donors (Lipinski definition) is 4. The van der Waals surface area contributed by atoms with Crippen LogP contribution in [-0.4, -0.2) is 29.7 Å². The number of hydrogen-bond acceptors (Lipinski definition) is 6. The van der Waals surface area contributed by atoms with E-state index >= 15 is 0 Å². The summed E-state index contributed by atoms with van der Waals surface area (Å²) in [5.74, 6) is 12.3. The molecule has 0 amide bonds. The molecule has 2 aromatic rings. The van der Waals surface area contributed by atoms with Gasteiger partial charge in [0.05, 0.1) is 6.42 Å². The fraction of sp³-hybridized carbons (Fsp3) is 0.200. The molecule has 0 aromatic carbocycles. The van der Waals surface area contributed by atoms with Crippen molar-refractivity contribution in [2.24, 2.45) is 0 Å². The highest BCUT2D eigenvalue weighted by Gasteiger charge is 2.09. The molecule has 0 aliphatic carbocycles. The van der Waals surface area contributed by atoms with Crippen LogP contribution >= 0.6 is 24.4 Å². The molecule has 0 aliphatic rings. The molecule has 2 aromatic heterocycles. The summed E-state index contributed by atoms with van der Waals surface area (Å²) >= 11 is 9.72. The molecule has 0 fully saturated rings. The highest BCUT2D eigenvalue weighted by molar-refractivity contribution is 7.71. The smallest absolute Gasteiger partial charge is 0.214 e. The van der Waals surface area contributed by atoms with E-state index in [4.69, 9.17) is 36.1 Å². The second-order valence-corrected chi connectivity index (χ2v) is 3.58. The van der Waals surface area contributed by atoms with Gasteiger partial charge in [0, 0.05) is 0 Å². The highest BCUT2D eigenvalue weighted by Crippen LogP contribution is 2.01. The number of nitrogens with zero attached hydrogens (tertiary/aromatic N) is 4. The van der Waals surface area contributed by atoms with Gasteiger partial charge in [-0.2, -0.15) is 10.2 Å². The first-order valence-electron chi connectivity index (χ1n) is 3.92. The topological polar surface area (TPSA) is 119 Å². The van der Waals surface area contributed by atoms with Gasteiger partial charge in [-0.25, -0.2) is 9.35 Å². The zero-order valence-corrected chi connectivity index (χ0v) is 9.10. The minimum Gasteiger partial charge on any atom is -0.335 e. The van der Waals surface area contributed by atoms with E-state index in [0.717, 1.165) is 0 Å². The summed E-state index contributed by atoms with van der Waals surface area (Å²) in [6, 6.07) is 0. The molecule has 0 saturated heterocycles. The Labute approximate surface area is 93.8 Å². The molecule has 2 heterocycles. The average molecular weight is 244 g/mol. The maximum atomic E-state index is 5.61. The van der Waals surface area contributed by atoms with Gasteiger partial charge in [-0.05, 0) is 24.4 Å². The summed E-state index contributed by atoms with van der Waals surface area (Å²) in [4.78, 5) is 0. The van der Waals surface area contributed by atoms with E-state index in [0.29, 0.717) is 27.6 Å². The quantitative estimate of drug-likeness (QED) is 0.406. The number of nitrogen functional groups attached to an aromatic ring is 2. The van der Waals surface area contributed by atoms with Crippen molar-refractivity contribution in [3.8, 4) is 0 Å². The molecule has 8 nitrogen and oxygen atoms in total. The van der Waals surface area contributed by atoms with Crippen molar-refractivity contribution < 1.29 is 0 Å². The second kappa shape index (κ2) is 3.47. The minimum absolute atomic E-state index is 0.336. The predicted molar refractivity (Wildman–Crippen MR) is 57.9 cm³/mol. The number of aromatic nitrogens is 6. The van der Waals surface area contributed by atoms with Crippen molar-refractivity contribution in [1.29, 1.82) is 0 Å². The Kier molecular flexibility index (Phi) is 2.28. The van der Waals surface area contributed by atoms with E-state index in [1.807, 2.05) is 0 Å². The molecular weight excluding hydrogens is 236 g/mol. The summed E-state index contributed by atoms with van der Waals surface area (Å²) < 4.78 is 3.19. The Balaban J connectivity index is 2.38. The Morgan fingerprint density at radius 1 is 1.00 bits per heavy atom. The van der Waals surface area contributed by atoms with Crippen LogP contribution in [-0.2, 0) is 6.42 Å². The predicted octanol–water partition coefficient (Wildman–Crippen LogP) is -0.787. The summed E-state index contributed by atoms with van der Waals surface area (Å²) in [5, 5.41) is 13.0. The molecule has 0 spiro atoms. The average Bonchev–Trinajstić information content (AvgIpc) is 2.68. The molecule has 0 bridgehead atoms. The van der Waals surface area contributed by atoms with Crippen molar-refractivity contribution in [2.45, 2.75) is 6.42 Å². The lowest BCUT2D eigenvalue weighted by Gasteiger charge is -1.99. The fourth-order valence-electron chi connectivity index (χ4n) is 1.07. The molecule has 10 heteroatoms. The molecule has 0 aliphatic heterocycles. The Hall–Kier alpha value is -1.68. The van der Waals surface area contributed by atoms with E-state index in [1.54, 1.807) is 0 Å². The molecule has 0 saturated carbocycles. The molecule has 80 valence electrons. The third kappa shape index (κ3) is 1.64. The van der Waals surface area contributed by atoms with E-state index in [1.165, 1.54) is 9.35 Å². The van der Waals surface area contributed by atoms with Gasteiger partial charge in [0.15, 0.2) is 11.6 Å². The third-order valence-corrected chi connectivity index (χ3v) is 2.45. The van der Waals surface area contributed by atoms with E-state index in [9.17, 15) is 0 Å². The van der Waals surface area contributed by atoms with Gasteiger partial charge in [-0.1, -0.05) is 0 Å². The van der Waals surface area contributed by atoms with Crippen molar-refractivity contribution in [1.82, 2.24) is 29.7 Å². The van der Waals surface area contributed by atoms with Crippen molar-refractivity contribution in [3.05, 3.63) is 21.2 Å². The monoisotopic (exact) mass is 244 g/mol. The summed E-state index contributed by atoms with van der Waals surface area (Å²) in [7, 11) is 0. The maximum absolute atomic E-state index is 5.61. The Bertz CT molecular complexity index is 532. The van der Waals surface area contributed by atoms with E-state index < -0.39 is 0 Å². The van der Waals surface area contributed by atoms with Gasteiger partial charge < -0.3 is 11.7 Å². The minimum atomic E-state index is 0.336. The van der Waals surface area contributed by atoms with Crippen molar-refractivity contribution in [3.63, 3.8) is 0 Å². The molecule has 0 atom stereocenters. The Morgan fingerprint density at radius 2 is 1.40 bits per heavy atom. The number of H-pyrrole nitrogens is 2. The largest absolute Gasteiger partial charge is 0.335 e. The van der Waals surface area contributed by atoms with Crippen LogP contribution in [0.3, 0.4) is 0 Å². The third-order valence-electron chi connectivity index (χ3n) is 1.87. The maximum Gasteiger partial charge on any atom is 0.214 e. The number of aromatic amines is 2. The molecule has 2 rings (SSSR count). The summed E-state index contributed by atoms with van der Waals surface area (Å²) in [6.45, 7) is 0. The van der Waals surface area contributed by atoms with Gasteiger partial charge in [0.1, 0.15) is 0 Å². The van der Waals surface area contributed by atoms with Crippen LogP contribution in [0.2, 0.25) is 0 Å². The van der Waals surface area contributed by atoms with Crippen LogP contribution in [0.15, 0.2) is 0 Å². The first-order valence-corrected chi connectivity index (χ1v) is 4.74. The van der Waals surface area contributed by atoms with Crippen molar-refractivity contribution in [2.75, 3.05) is 11.7 Å². The fourth-order valence-corrected chi connectivity index (χ4v) is 1.37. The lowest BCUT2D eigenvalue weighted by Crippen LogP contribution is -2.17. The van der Waals surface area contributed by atoms with Crippen LogP contribution in [0, 0.1) is 9.54 Å². The molecule has 0 unspecified atom stereocenters. The van der Waals surface area contributed by atoms with Crippen LogP contribution in [0.1, 0.15) is 11.6 Å². The lowest BCUT2D eigenvalue weighted by atomic mass is 10.4. The first kappa shape index (κ1) is 9.86. The molecule has 6 N–H and O–H groups in total. The van der Waals surface area contributed by atoms with Crippen LogP contribution in [0.5, 0.6) is 0 Å². The molecule has 15 heavy (non-hydrogen) atoms. The summed E-state index contributed by atoms with van der Waals surface area (Å²) in [5.41, 5.74) is 0. The highest BCUT2D eigenvalue weighted by atomic mass is 32.1. The zero-order chi connectivity index (χ0) is 11.0. The molecular formula is C5H8N8S2. The summed E-state index contributed by atoms with van der Waals surface area (Å²) in [6.07, 6.45) is 0.341. The normalized spacial score (nSPS) is 10.7. The van der Waals surface area contributed by atoms with E-state index in [2.05, 4.69) is 20.4 Å². The van der Waals surface area contributed by atoms with Gasteiger partial charge >= 0.3 is 0 Å². The van der Waals surface area contributed by atoms with Gasteiger partial charge in [-0.15, -0.1) is 0 Å². The standard InChI is InChI=1S/C5H8N8S2/c6-12-2(8-10-4(12)14)1-3-9-11-5(15)13(3)7/h1,6-7H2,(H,10,14)(H,11,15). The van der Waals surface area contributed by atoms with Crippen LogP contribution in [0.4, 0.5) is 0 Å². The second-order valence-electron chi connectivity index (χ2n) is 2.81. The Morgan fingerprint density at radius 3 is 1.67 bits per heavy atom. The SMILES string of the molecule is Nn1c(Cc2n[nH]c(=S)n2N)n[nH]c1=S. The molecule has 0 radical (unpaired) electrons. The lowest BCUT2D eigenvalue weighted by molar-refractivity contribution is 0.792.